The lowest BCUT2D eigenvalue weighted by molar-refractivity contribution is 0.395. The maximum atomic E-state index is 5.51. The van der Waals surface area contributed by atoms with Crippen LogP contribution in [0.25, 0.3) is 0 Å². The molecule has 0 saturated carbocycles. The fourth-order valence-corrected chi connectivity index (χ4v) is 3.79. The summed E-state index contributed by atoms with van der Waals surface area (Å²) in [7, 11) is 3.20. The van der Waals surface area contributed by atoms with Gasteiger partial charge in [-0.1, -0.05) is 6.07 Å². The minimum Gasteiger partial charge on any atom is -0.497 e. The molecule has 0 amide bonds. The van der Waals surface area contributed by atoms with Crippen molar-refractivity contribution in [1.82, 2.24) is 15.3 Å². The number of aromatic nitrogens is 2. The predicted octanol–water partition coefficient (Wildman–Crippen LogP) is 4.17. The van der Waals surface area contributed by atoms with Crippen molar-refractivity contribution < 1.29 is 9.47 Å². The molecule has 0 bridgehead atoms. The molecule has 0 fully saturated rings. The van der Waals surface area contributed by atoms with Crippen molar-refractivity contribution in [3.63, 3.8) is 0 Å². The third-order valence-corrected chi connectivity index (χ3v) is 5.40. The summed E-state index contributed by atoms with van der Waals surface area (Å²) in [5.74, 6) is 2.22. The molecule has 2 aromatic heterocycles. The number of ether oxygens (including phenoxy) is 2. The Kier molecular flexibility index (Phi) is 8.34. The van der Waals surface area contributed by atoms with Gasteiger partial charge in [-0.15, -0.1) is 11.3 Å². The molecule has 32 heavy (non-hydrogen) atoms. The van der Waals surface area contributed by atoms with Gasteiger partial charge in [-0.25, -0.2) is 9.97 Å². The molecule has 0 aliphatic heterocycles. The molecule has 8 nitrogen and oxygen atoms in total. The van der Waals surface area contributed by atoms with Crippen LogP contribution in [0.3, 0.4) is 0 Å². The fraction of sp³-hybridized carbons (Fsp3) is 0.273. The maximum Gasteiger partial charge on any atom is 0.229 e. The highest BCUT2D eigenvalue weighted by Crippen LogP contribution is 2.25. The number of nitrogens with one attached hydrogen (secondary N) is 3. The number of methoxy groups -OCH3 is 2. The number of rotatable bonds is 7. The quantitative estimate of drug-likeness (QED) is 0.269. The highest BCUT2D eigenvalue weighted by atomic mass is 32.1. The third kappa shape index (κ3) is 7.17. The van der Waals surface area contributed by atoms with Crippen LogP contribution in [-0.4, -0.2) is 41.8 Å². The lowest BCUT2D eigenvalue weighted by Gasteiger charge is -2.15. The number of hydrogen-bond acceptors (Lipinski definition) is 7. The smallest absolute Gasteiger partial charge is 0.229 e. The molecule has 1 aromatic carbocycles. The largest absolute Gasteiger partial charge is 0.497 e. The molecule has 0 radical (unpaired) electrons. The van der Waals surface area contributed by atoms with Crippen LogP contribution in [0.2, 0.25) is 0 Å². The highest BCUT2D eigenvalue weighted by Gasteiger charge is 2.09. The van der Waals surface area contributed by atoms with Crippen LogP contribution >= 0.6 is 23.6 Å². The van der Waals surface area contributed by atoms with Gasteiger partial charge in [0.15, 0.2) is 5.11 Å². The summed E-state index contributed by atoms with van der Waals surface area (Å²) in [6.07, 6.45) is 0.825. The molecule has 3 aromatic rings. The summed E-state index contributed by atoms with van der Waals surface area (Å²) in [6, 6.07) is 11.5. The minimum absolute atomic E-state index is 0.354. The van der Waals surface area contributed by atoms with Crippen molar-refractivity contribution in [3.05, 3.63) is 58.0 Å². The van der Waals surface area contributed by atoms with Crippen molar-refractivity contribution in [2.45, 2.75) is 20.3 Å². The van der Waals surface area contributed by atoms with Crippen molar-refractivity contribution in [2.75, 3.05) is 31.4 Å². The van der Waals surface area contributed by atoms with Crippen molar-refractivity contribution in [3.8, 4) is 11.5 Å². The monoisotopic (exact) mass is 470 g/mol. The van der Waals surface area contributed by atoms with E-state index in [-0.39, 0.29) is 0 Å². The van der Waals surface area contributed by atoms with Crippen molar-refractivity contribution >= 4 is 46.3 Å². The van der Waals surface area contributed by atoms with Crippen LogP contribution in [0.4, 0.5) is 11.6 Å². The number of nitrogens with zero attached hydrogens (tertiary/aromatic N) is 3. The number of aryl methyl sites for hydroxylation is 2. The molecule has 0 atom stereocenters. The first kappa shape index (κ1) is 23.4. The van der Waals surface area contributed by atoms with Crippen LogP contribution in [0.15, 0.2) is 46.8 Å². The van der Waals surface area contributed by atoms with Crippen molar-refractivity contribution in [1.29, 1.82) is 0 Å². The second kappa shape index (κ2) is 11.4. The maximum absolute atomic E-state index is 5.51. The van der Waals surface area contributed by atoms with Gasteiger partial charge in [0.2, 0.25) is 11.9 Å². The number of benzene rings is 1. The van der Waals surface area contributed by atoms with Gasteiger partial charge >= 0.3 is 0 Å². The van der Waals surface area contributed by atoms with Crippen LogP contribution in [0, 0.1) is 13.8 Å². The third-order valence-electron chi connectivity index (χ3n) is 4.26. The Morgan fingerprint density at radius 3 is 2.31 bits per heavy atom. The standard InChI is InChI=1S/C22H26N6O2S2/c1-14-10-15(2)25-21(24-14)27-20(23-8-7-19-6-5-9-32-19)28-22(31)26-16-11-17(29-3)13-18(12-16)30-4/h5-6,9-13H,7-8H2,1-4H3,(H3,23,24,25,26,27,28,31). The van der Waals surface area contributed by atoms with E-state index in [1.54, 1.807) is 31.6 Å². The van der Waals surface area contributed by atoms with Gasteiger partial charge in [0, 0.05) is 53.1 Å². The summed E-state index contributed by atoms with van der Waals surface area (Å²) < 4.78 is 10.6. The molecule has 0 aliphatic rings. The predicted molar refractivity (Wildman–Crippen MR) is 134 cm³/mol. The molecule has 168 valence electrons. The second-order valence-corrected chi connectivity index (χ2v) is 8.28. The molecule has 3 N–H and O–H groups in total. The molecule has 0 aliphatic carbocycles. The van der Waals surface area contributed by atoms with E-state index < -0.39 is 0 Å². The molecule has 0 unspecified atom stereocenters. The van der Waals surface area contributed by atoms with E-state index in [9.17, 15) is 0 Å². The number of anilines is 2. The molecule has 3 rings (SSSR count). The lowest BCUT2D eigenvalue weighted by atomic mass is 10.3. The number of thiocarbonyl (C=S) groups is 1. The lowest BCUT2D eigenvalue weighted by Crippen LogP contribution is -2.39. The number of guanidine groups is 1. The van der Waals surface area contributed by atoms with E-state index in [4.69, 9.17) is 21.7 Å². The summed E-state index contributed by atoms with van der Waals surface area (Å²) in [5, 5.41) is 11.8. The van der Waals surface area contributed by atoms with Gasteiger partial charge in [-0.05, 0) is 43.6 Å². The van der Waals surface area contributed by atoms with Gasteiger partial charge < -0.3 is 20.1 Å². The van der Waals surface area contributed by atoms with E-state index >= 15 is 0 Å². The van der Waals surface area contributed by atoms with Crippen molar-refractivity contribution in [2.24, 2.45) is 4.99 Å². The number of thiophene rings is 1. The normalized spacial score (nSPS) is 11.1. The van der Waals surface area contributed by atoms with Crippen LogP contribution in [0.1, 0.15) is 16.3 Å². The summed E-state index contributed by atoms with van der Waals surface area (Å²) in [5.41, 5.74) is 2.45. The molecule has 10 heteroatoms. The fourth-order valence-electron chi connectivity index (χ4n) is 2.88. The van der Waals surface area contributed by atoms with Crippen LogP contribution in [0.5, 0.6) is 11.5 Å². The SMILES string of the molecule is COc1cc(NC(=S)NC(=NCCc2cccs2)Nc2nc(C)cc(C)n2)cc(OC)c1. The zero-order valence-corrected chi connectivity index (χ0v) is 20.1. The second-order valence-electron chi connectivity index (χ2n) is 6.84. The number of hydrogen-bond donors (Lipinski definition) is 3. The van der Waals surface area contributed by atoms with E-state index in [1.807, 2.05) is 38.1 Å². The Bertz CT molecular complexity index is 1040. The topological polar surface area (TPSA) is 92.7 Å². The Balaban J connectivity index is 1.73. The summed E-state index contributed by atoms with van der Waals surface area (Å²) in [4.78, 5) is 14.8. The van der Waals surface area contributed by atoms with E-state index in [0.29, 0.717) is 35.1 Å². The Labute approximate surface area is 197 Å². The first-order valence-corrected chi connectivity index (χ1v) is 11.2. The number of aliphatic imine (C=N–C) groups is 1. The van der Waals surface area contributed by atoms with E-state index in [2.05, 4.69) is 42.4 Å². The molecule has 0 saturated heterocycles. The Hall–Kier alpha value is -3.24. The van der Waals surface area contributed by atoms with Gasteiger partial charge in [-0.3, -0.25) is 10.3 Å². The highest BCUT2D eigenvalue weighted by molar-refractivity contribution is 7.80. The van der Waals surface area contributed by atoms with E-state index in [0.717, 1.165) is 23.5 Å². The Morgan fingerprint density at radius 1 is 1.03 bits per heavy atom. The molecule has 0 spiro atoms. The van der Waals surface area contributed by atoms with Gasteiger partial charge in [0.25, 0.3) is 0 Å². The first-order valence-electron chi connectivity index (χ1n) is 9.92. The molecular formula is C22H26N6O2S2. The zero-order valence-electron chi connectivity index (χ0n) is 18.4. The Morgan fingerprint density at radius 2 is 1.72 bits per heavy atom. The molecule has 2 heterocycles. The van der Waals surface area contributed by atoms with Crippen LogP contribution < -0.4 is 25.4 Å². The van der Waals surface area contributed by atoms with Gasteiger partial charge in [0.05, 0.1) is 14.2 Å². The van der Waals surface area contributed by atoms with Gasteiger partial charge in [-0.2, -0.15) is 0 Å². The summed E-state index contributed by atoms with van der Waals surface area (Å²) in [6.45, 7) is 4.42. The van der Waals surface area contributed by atoms with E-state index in [1.165, 1.54) is 4.88 Å². The van der Waals surface area contributed by atoms with Gasteiger partial charge in [0.1, 0.15) is 11.5 Å². The average molecular weight is 471 g/mol. The zero-order chi connectivity index (χ0) is 22.9. The first-order chi connectivity index (χ1) is 15.4. The average Bonchev–Trinajstić information content (AvgIpc) is 3.26. The molecular weight excluding hydrogens is 444 g/mol. The summed E-state index contributed by atoms with van der Waals surface area (Å²) >= 11 is 7.21. The van der Waals surface area contributed by atoms with Crippen LogP contribution in [-0.2, 0) is 6.42 Å². The minimum atomic E-state index is 0.354.